The molecule has 0 aliphatic carbocycles. The van der Waals surface area contributed by atoms with Crippen molar-refractivity contribution in [3.63, 3.8) is 0 Å². The first-order valence-corrected chi connectivity index (χ1v) is 8.05. The molecule has 1 amide bonds. The molecule has 0 N–H and O–H groups in total. The van der Waals surface area contributed by atoms with Crippen molar-refractivity contribution < 1.29 is 4.79 Å². The summed E-state index contributed by atoms with van der Waals surface area (Å²) in [5.41, 5.74) is 0. The number of carbonyl (C=O) groups excluding carboxylic acids is 1. The number of aryl methyl sites for hydroxylation is 1. The molecule has 2 heterocycles. The minimum absolute atomic E-state index is 0.228. The molecule has 1 aliphatic rings. The molecule has 2 atom stereocenters. The summed E-state index contributed by atoms with van der Waals surface area (Å²) in [7, 11) is 0. The van der Waals surface area contributed by atoms with E-state index in [1.54, 1.807) is 11.3 Å². The Morgan fingerprint density at radius 1 is 1.39 bits per heavy atom. The maximum Gasteiger partial charge on any atom is 0.233 e. The van der Waals surface area contributed by atoms with Gasteiger partial charge in [0.15, 0.2) is 4.34 Å². The Hall–Kier alpha value is -0.620. The molecule has 1 aromatic rings. The molecule has 0 radical (unpaired) electrons. The van der Waals surface area contributed by atoms with Crippen LogP contribution in [0.1, 0.15) is 25.3 Å². The van der Waals surface area contributed by atoms with Crippen LogP contribution < -0.4 is 0 Å². The molecule has 1 aromatic heterocycles. The molecular formula is C12H19N3OS2. The first-order valence-electron chi connectivity index (χ1n) is 6.25. The first kappa shape index (κ1) is 13.8. The lowest BCUT2D eigenvalue weighted by atomic mass is 9.92. The number of nitrogens with zero attached hydrogens (tertiary/aromatic N) is 3. The molecule has 0 spiro atoms. The first-order chi connectivity index (χ1) is 8.54. The van der Waals surface area contributed by atoms with E-state index in [-0.39, 0.29) is 5.91 Å². The van der Waals surface area contributed by atoms with Crippen molar-refractivity contribution in [2.45, 2.75) is 31.5 Å². The lowest BCUT2D eigenvalue weighted by Gasteiger charge is -2.34. The lowest BCUT2D eigenvalue weighted by Crippen LogP contribution is -2.43. The molecule has 18 heavy (non-hydrogen) atoms. The van der Waals surface area contributed by atoms with Gasteiger partial charge < -0.3 is 4.90 Å². The third-order valence-electron chi connectivity index (χ3n) is 3.05. The Labute approximate surface area is 116 Å². The lowest BCUT2D eigenvalue weighted by molar-refractivity contribution is -0.130. The topological polar surface area (TPSA) is 46.1 Å². The van der Waals surface area contributed by atoms with Crippen LogP contribution in [0.4, 0.5) is 0 Å². The van der Waals surface area contributed by atoms with Gasteiger partial charge in [-0.15, -0.1) is 10.2 Å². The summed E-state index contributed by atoms with van der Waals surface area (Å²) in [4.78, 5) is 14.1. The minimum atomic E-state index is 0.228. The normalized spacial score (nSPS) is 24.3. The fraction of sp³-hybridized carbons (Fsp3) is 0.750. The fourth-order valence-corrected chi connectivity index (χ4v) is 4.14. The molecule has 0 bridgehead atoms. The number of thioether (sulfide) groups is 1. The van der Waals surface area contributed by atoms with Crippen molar-refractivity contribution in [3.8, 4) is 0 Å². The number of amides is 1. The Bertz CT molecular complexity index is 411. The van der Waals surface area contributed by atoms with Gasteiger partial charge >= 0.3 is 0 Å². The second-order valence-electron chi connectivity index (χ2n) is 5.12. The number of hydrogen-bond acceptors (Lipinski definition) is 5. The van der Waals surface area contributed by atoms with Gasteiger partial charge in [0.25, 0.3) is 0 Å². The van der Waals surface area contributed by atoms with Crippen LogP contribution >= 0.6 is 23.1 Å². The van der Waals surface area contributed by atoms with Gasteiger partial charge in [-0.25, -0.2) is 0 Å². The minimum Gasteiger partial charge on any atom is -0.341 e. The van der Waals surface area contributed by atoms with Gasteiger partial charge in [-0.1, -0.05) is 36.9 Å². The predicted molar refractivity (Wildman–Crippen MR) is 74.9 cm³/mol. The zero-order valence-corrected chi connectivity index (χ0v) is 12.7. The van der Waals surface area contributed by atoms with Crippen molar-refractivity contribution in [3.05, 3.63) is 5.01 Å². The van der Waals surface area contributed by atoms with E-state index >= 15 is 0 Å². The van der Waals surface area contributed by atoms with E-state index < -0.39 is 0 Å². The van der Waals surface area contributed by atoms with E-state index in [0.29, 0.717) is 17.6 Å². The molecule has 2 rings (SSSR count). The van der Waals surface area contributed by atoms with Gasteiger partial charge in [-0.3, -0.25) is 4.79 Å². The van der Waals surface area contributed by atoms with Crippen molar-refractivity contribution in [1.29, 1.82) is 0 Å². The fourth-order valence-electron chi connectivity index (χ4n) is 2.42. The number of rotatable bonds is 3. The molecule has 6 heteroatoms. The van der Waals surface area contributed by atoms with E-state index in [0.717, 1.165) is 22.4 Å². The molecule has 100 valence electrons. The summed E-state index contributed by atoms with van der Waals surface area (Å²) >= 11 is 3.05. The summed E-state index contributed by atoms with van der Waals surface area (Å²) in [6.07, 6.45) is 1.23. The van der Waals surface area contributed by atoms with Crippen LogP contribution in [0.2, 0.25) is 0 Å². The highest BCUT2D eigenvalue weighted by atomic mass is 32.2. The van der Waals surface area contributed by atoms with Crippen LogP contribution in [0.25, 0.3) is 0 Å². The average Bonchev–Trinajstić information content (AvgIpc) is 2.70. The van der Waals surface area contributed by atoms with Crippen LogP contribution in [-0.2, 0) is 4.79 Å². The van der Waals surface area contributed by atoms with Gasteiger partial charge in [0.1, 0.15) is 5.01 Å². The highest BCUT2D eigenvalue weighted by Gasteiger charge is 2.25. The molecule has 1 aliphatic heterocycles. The molecule has 0 saturated carbocycles. The second kappa shape index (κ2) is 6.02. The third kappa shape index (κ3) is 3.68. The van der Waals surface area contributed by atoms with Crippen LogP contribution in [-0.4, -0.2) is 39.8 Å². The third-order valence-corrected chi connectivity index (χ3v) is 5.00. The second-order valence-corrected chi connectivity index (χ2v) is 7.52. The van der Waals surface area contributed by atoms with Gasteiger partial charge in [-0.05, 0) is 25.2 Å². The number of carbonyl (C=O) groups is 1. The Kier molecular flexibility index (Phi) is 4.61. The maximum atomic E-state index is 12.1. The Morgan fingerprint density at radius 2 is 2.06 bits per heavy atom. The van der Waals surface area contributed by atoms with Crippen LogP contribution in [0.3, 0.4) is 0 Å². The van der Waals surface area contributed by atoms with Crippen molar-refractivity contribution in [1.82, 2.24) is 15.1 Å². The quantitative estimate of drug-likeness (QED) is 0.800. The summed E-state index contributed by atoms with van der Waals surface area (Å²) in [6.45, 7) is 8.17. The predicted octanol–water partition coefficient (Wildman–Crippen LogP) is 2.44. The van der Waals surface area contributed by atoms with E-state index in [9.17, 15) is 4.79 Å². The smallest absolute Gasteiger partial charge is 0.233 e. The van der Waals surface area contributed by atoms with Crippen molar-refractivity contribution in [2.75, 3.05) is 18.8 Å². The van der Waals surface area contributed by atoms with Crippen molar-refractivity contribution >= 4 is 29.0 Å². The largest absolute Gasteiger partial charge is 0.341 e. The summed E-state index contributed by atoms with van der Waals surface area (Å²) in [5, 5.41) is 8.93. The highest BCUT2D eigenvalue weighted by molar-refractivity contribution is 8.01. The van der Waals surface area contributed by atoms with Gasteiger partial charge in [0.05, 0.1) is 5.75 Å². The number of likely N-dealkylation sites (tertiary alicyclic amines) is 1. The number of hydrogen-bond donors (Lipinski definition) is 0. The molecular weight excluding hydrogens is 266 g/mol. The molecule has 1 fully saturated rings. The number of aromatic nitrogens is 2. The number of piperidine rings is 1. The van der Waals surface area contributed by atoms with Crippen LogP contribution in [0.15, 0.2) is 4.34 Å². The molecule has 0 unspecified atom stereocenters. The standard InChI is InChI=1S/C12H19N3OS2/c1-8-4-9(2)6-15(5-8)11(16)7-17-12-14-13-10(3)18-12/h8-9H,4-7H2,1-3H3/t8-,9-/m1/s1. The van der Waals surface area contributed by atoms with E-state index in [1.807, 2.05) is 11.8 Å². The Morgan fingerprint density at radius 3 is 2.61 bits per heavy atom. The molecule has 4 nitrogen and oxygen atoms in total. The molecule has 0 aromatic carbocycles. The van der Waals surface area contributed by atoms with E-state index in [4.69, 9.17) is 0 Å². The van der Waals surface area contributed by atoms with E-state index in [2.05, 4.69) is 24.0 Å². The maximum absolute atomic E-state index is 12.1. The monoisotopic (exact) mass is 285 g/mol. The van der Waals surface area contributed by atoms with E-state index in [1.165, 1.54) is 18.2 Å². The van der Waals surface area contributed by atoms with Crippen molar-refractivity contribution in [2.24, 2.45) is 11.8 Å². The zero-order chi connectivity index (χ0) is 13.1. The molecule has 1 saturated heterocycles. The van der Waals surface area contributed by atoms with Crippen LogP contribution in [0.5, 0.6) is 0 Å². The van der Waals surface area contributed by atoms with Crippen LogP contribution in [0, 0.1) is 18.8 Å². The SMILES string of the molecule is Cc1nnc(SCC(=O)N2C[C@H](C)C[C@@H](C)C2)s1. The van der Waals surface area contributed by atoms with Gasteiger partial charge in [-0.2, -0.15) is 0 Å². The highest BCUT2D eigenvalue weighted by Crippen LogP contribution is 2.25. The summed E-state index contributed by atoms with van der Waals surface area (Å²) in [6, 6.07) is 0. The summed E-state index contributed by atoms with van der Waals surface area (Å²) < 4.78 is 0.888. The van der Waals surface area contributed by atoms with Gasteiger partial charge in [0, 0.05) is 13.1 Å². The zero-order valence-electron chi connectivity index (χ0n) is 11.0. The van der Waals surface area contributed by atoms with Gasteiger partial charge in [0.2, 0.25) is 5.91 Å². The summed E-state index contributed by atoms with van der Waals surface area (Å²) in [5.74, 6) is 1.94. The average molecular weight is 285 g/mol. The Balaban J connectivity index is 1.84.